The fourth-order valence-electron chi connectivity index (χ4n) is 3.10. The molecule has 1 fully saturated rings. The first-order chi connectivity index (χ1) is 11.7. The van der Waals surface area contributed by atoms with Gasteiger partial charge in [0.25, 0.3) is 0 Å². The standard InChI is InChI=1S/C17H21BrN4O2/c1-24-16-4-3-14(18)12-13(16)2-5-17(23)21-10-6-15(7-11-21)22-19-8-9-20-22/h3-4,8-9,12,15H,2,5-7,10-11H2,1H3. The number of ether oxygens (including phenoxy) is 1. The number of hydrogen-bond acceptors (Lipinski definition) is 4. The molecule has 0 N–H and O–H groups in total. The van der Waals surface area contributed by atoms with Crippen LogP contribution in [0.4, 0.5) is 0 Å². The number of likely N-dealkylation sites (tertiary alicyclic amines) is 1. The summed E-state index contributed by atoms with van der Waals surface area (Å²) >= 11 is 3.47. The summed E-state index contributed by atoms with van der Waals surface area (Å²) in [6.45, 7) is 1.53. The van der Waals surface area contributed by atoms with Gasteiger partial charge in [-0.25, -0.2) is 0 Å². The number of nitrogens with zero attached hydrogens (tertiary/aromatic N) is 4. The van der Waals surface area contributed by atoms with Gasteiger partial charge in [-0.3, -0.25) is 4.79 Å². The van der Waals surface area contributed by atoms with E-state index in [1.165, 1.54) is 0 Å². The number of amides is 1. The topological polar surface area (TPSA) is 60.2 Å². The second-order valence-corrected chi connectivity index (χ2v) is 6.83. The second kappa shape index (κ2) is 7.79. The number of halogens is 1. The zero-order valence-corrected chi connectivity index (χ0v) is 15.3. The Hall–Kier alpha value is -1.89. The summed E-state index contributed by atoms with van der Waals surface area (Å²) in [6.07, 6.45) is 6.38. The highest BCUT2D eigenvalue weighted by Crippen LogP contribution is 2.25. The van der Waals surface area contributed by atoms with Crippen LogP contribution in [-0.2, 0) is 11.2 Å². The number of rotatable bonds is 5. The minimum atomic E-state index is 0.198. The molecule has 6 nitrogen and oxygen atoms in total. The van der Waals surface area contributed by atoms with Gasteiger partial charge in [-0.1, -0.05) is 15.9 Å². The van der Waals surface area contributed by atoms with Crippen LogP contribution in [0, 0.1) is 0 Å². The maximum absolute atomic E-state index is 12.5. The summed E-state index contributed by atoms with van der Waals surface area (Å²) in [4.78, 5) is 16.2. The molecule has 0 aliphatic carbocycles. The van der Waals surface area contributed by atoms with E-state index in [0.29, 0.717) is 18.9 Å². The van der Waals surface area contributed by atoms with Crippen molar-refractivity contribution in [3.63, 3.8) is 0 Å². The highest BCUT2D eigenvalue weighted by atomic mass is 79.9. The Balaban J connectivity index is 1.52. The lowest BCUT2D eigenvalue weighted by Crippen LogP contribution is -2.39. The number of methoxy groups -OCH3 is 1. The van der Waals surface area contributed by atoms with Crippen molar-refractivity contribution in [2.45, 2.75) is 31.7 Å². The number of carbonyl (C=O) groups is 1. The lowest BCUT2D eigenvalue weighted by atomic mass is 10.0. The molecule has 0 bridgehead atoms. The van der Waals surface area contributed by atoms with Gasteiger partial charge in [0.1, 0.15) is 5.75 Å². The molecule has 0 unspecified atom stereocenters. The first-order valence-corrected chi connectivity index (χ1v) is 8.92. The molecule has 1 aromatic carbocycles. The third-order valence-corrected chi connectivity index (χ3v) is 4.92. The van der Waals surface area contributed by atoms with Gasteiger partial charge in [-0.15, -0.1) is 0 Å². The van der Waals surface area contributed by atoms with Crippen LogP contribution in [0.1, 0.15) is 30.9 Å². The summed E-state index contributed by atoms with van der Waals surface area (Å²) in [7, 11) is 1.66. The first-order valence-electron chi connectivity index (χ1n) is 8.13. The van der Waals surface area contributed by atoms with E-state index < -0.39 is 0 Å². The van der Waals surface area contributed by atoms with Crippen LogP contribution in [0.15, 0.2) is 35.1 Å². The van der Waals surface area contributed by atoms with Gasteiger partial charge in [-0.05, 0) is 43.0 Å². The molecule has 1 aromatic heterocycles. The molecule has 0 saturated carbocycles. The van der Waals surface area contributed by atoms with Crippen LogP contribution < -0.4 is 4.74 Å². The smallest absolute Gasteiger partial charge is 0.222 e. The van der Waals surface area contributed by atoms with Gasteiger partial charge in [0.15, 0.2) is 0 Å². The molecule has 0 atom stereocenters. The van der Waals surface area contributed by atoms with Crippen LogP contribution in [0.25, 0.3) is 0 Å². The molecule has 3 rings (SSSR count). The molecular formula is C17H21BrN4O2. The lowest BCUT2D eigenvalue weighted by molar-refractivity contribution is -0.132. The molecule has 7 heteroatoms. The predicted octanol–water partition coefficient (Wildman–Crippen LogP) is 2.85. The second-order valence-electron chi connectivity index (χ2n) is 5.92. The summed E-state index contributed by atoms with van der Waals surface area (Å²) in [5.41, 5.74) is 1.05. The van der Waals surface area contributed by atoms with Crippen molar-refractivity contribution in [2.75, 3.05) is 20.2 Å². The lowest BCUT2D eigenvalue weighted by Gasteiger charge is -2.31. The van der Waals surface area contributed by atoms with E-state index in [0.717, 1.165) is 41.7 Å². The van der Waals surface area contributed by atoms with Crippen molar-refractivity contribution in [2.24, 2.45) is 0 Å². The third kappa shape index (κ3) is 3.95. The summed E-state index contributed by atoms with van der Waals surface area (Å²) in [5.74, 6) is 1.03. The van der Waals surface area contributed by atoms with Gasteiger partial charge in [0.2, 0.25) is 5.91 Å². The molecule has 2 aromatic rings. The minimum absolute atomic E-state index is 0.198. The van der Waals surface area contributed by atoms with Gasteiger partial charge in [0.05, 0.1) is 25.5 Å². The van der Waals surface area contributed by atoms with Gasteiger partial charge >= 0.3 is 0 Å². The van der Waals surface area contributed by atoms with Gasteiger partial charge in [0, 0.05) is 24.0 Å². The van der Waals surface area contributed by atoms with E-state index >= 15 is 0 Å². The van der Waals surface area contributed by atoms with Crippen molar-refractivity contribution < 1.29 is 9.53 Å². The highest BCUT2D eigenvalue weighted by Gasteiger charge is 2.24. The maximum Gasteiger partial charge on any atom is 0.222 e. The van der Waals surface area contributed by atoms with E-state index in [-0.39, 0.29) is 5.91 Å². The molecule has 24 heavy (non-hydrogen) atoms. The van der Waals surface area contributed by atoms with Crippen LogP contribution in [0.2, 0.25) is 0 Å². The Morgan fingerprint density at radius 2 is 2.00 bits per heavy atom. The van der Waals surface area contributed by atoms with E-state index in [4.69, 9.17) is 4.74 Å². The Labute approximate surface area is 149 Å². The number of aryl methyl sites for hydroxylation is 1. The molecule has 2 heterocycles. The van der Waals surface area contributed by atoms with Crippen LogP contribution >= 0.6 is 15.9 Å². The summed E-state index contributed by atoms with van der Waals surface area (Å²) in [6, 6.07) is 6.18. The number of carbonyl (C=O) groups excluding carboxylic acids is 1. The van der Waals surface area contributed by atoms with Crippen molar-refractivity contribution in [1.82, 2.24) is 19.9 Å². The fourth-order valence-corrected chi connectivity index (χ4v) is 3.51. The Morgan fingerprint density at radius 1 is 1.29 bits per heavy atom. The van der Waals surface area contributed by atoms with Crippen molar-refractivity contribution >= 4 is 21.8 Å². The number of hydrogen-bond donors (Lipinski definition) is 0. The van der Waals surface area contributed by atoms with Gasteiger partial charge in [-0.2, -0.15) is 15.0 Å². The van der Waals surface area contributed by atoms with Crippen LogP contribution in [-0.4, -0.2) is 46.0 Å². The van der Waals surface area contributed by atoms with Crippen molar-refractivity contribution in [3.8, 4) is 5.75 Å². The van der Waals surface area contributed by atoms with Crippen molar-refractivity contribution in [3.05, 3.63) is 40.6 Å². The van der Waals surface area contributed by atoms with E-state index in [2.05, 4.69) is 26.1 Å². The molecule has 128 valence electrons. The normalized spacial score (nSPS) is 15.5. The SMILES string of the molecule is COc1ccc(Br)cc1CCC(=O)N1CCC(n2nccn2)CC1. The monoisotopic (exact) mass is 392 g/mol. The van der Waals surface area contributed by atoms with Crippen molar-refractivity contribution in [1.29, 1.82) is 0 Å². The minimum Gasteiger partial charge on any atom is -0.496 e. The predicted molar refractivity (Wildman–Crippen MR) is 93.9 cm³/mol. The first kappa shape index (κ1) is 17.0. The average molecular weight is 393 g/mol. The van der Waals surface area contributed by atoms with Crippen LogP contribution in [0.3, 0.4) is 0 Å². The Kier molecular flexibility index (Phi) is 5.50. The largest absolute Gasteiger partial charge is 0.496 e. The van der Waals surface area contributed by atoms with E-state index in [1.54, 1.807) is 24.3 Å². The molecule has 1 amide bonds. The number of piperidine rings is 1. The molecule has 1 saturated heterocycles. The number of benzene rings is 1. The average Bonchev–Trinajstić information content (AvgIpc) is 3.14. The summed E-state index contributed by atoms with van der Waals surface area (Å²) < 4.78 is 6.37. The Bertz CT molecular complexity index is 682. The molecule has 0 radical (unpaired) electrons. The quantitative estimate of drug-likeness (QED) is 0.784. The zero-order chi connectivity index (χ0) is 16.9. The molecule has 1 aliphatic heterocycles. The highest BCUT2D eigenvalue weighted by molar-refractivity contribution is 9.10. The molecular weight excluding hydrogens is 372 g/mol. The van der Waals surface area contributed by atoms with E-state index in [1.807, 2.05) is 23.1 Å². The summed E-state index contributed by atoms with van der Waals surface area (Å²) in [5, 5.41) is 8.39. The van der Waals surface area contributed by atoms with Gasteiger partial charge < -0.3 is 9.64 Å². The van der Waals surface area contributed by atoms with E-state index in [9.17, 15) is 4.79 Å². The van der Waals surface area contributed by atoms with Crippen LogP contribution in [0.5, 0.6) is 5.75 Å². The molecule has 1 aliphatic rings. The Morgan fingerprint density at radius 3 is 2.67 bits per heavy atom. The zero-order valence-electron chi connectivity index (χ0n) is 13.7. The fraction of sp³-hybridized carbons (Fsp3) is 0.471. The third-order valence-electron chi connectivity index (χ3n) is 4.43. The maximum atomic E-state index is 12.5. The molecule has 0 spiro atoms. The number of aromatic nitrogens is 3.